The first kappa shape index (κ1) is 14.1. The molecule has 1 aliphatic rings. The van der Waals surface area contributed by atoms with E-state index in [9.17, 15) is 4.79 Å². The highest BCUT2D eigenvalue weighted by atomic mass is 16.5. The van der Waals surface area contributed by atoms with Crippen molar-refractivity contribution < 1.29 is 9.53 Å². The Balaban J connectivity index is 2.04. The SMILES string of the molecule is CC(C)[C@H]1CC[C@H](C)C[C@H]1OC(=O)c1ccccc1. The molecule has 0 N–H and O–H groups in total. The molecule has 0 bridgehead atoms. The Morgan fingerprint density at radius 2 is 1.89 bits per heavy atom. The van der Waals surface area contributed by atoms with Gasteiger partial charge < -0.3 is 4.74 Å². The van der Waals surface area contributed by atoms with Crippen LogP contribution < -0.4 is 0 Å². The van der Waals surface area contributed by atoms with Crippen LogP contribution in [-0.2, 0) is 4.74 Å². The van der Waals surface area contributed by atoms with E-state index in [1.54, 1.807) is 0 Å². The van der Waals surface area contributed by atoms with E-state index >= 15 is 0 Å². The molecule has 2 heteroatoms. The predicted octanol–water partition coefficient (Wildman–Crippen LogP) is 4.30. The molecule has 1 aromatic carbocycles. The van der Waals surface area contributed by atoms with Crippen LogP contribution in [0.3, 0.4) is 0 Å². The number of carbonyl (C=O) groups is 1. The van der Waals surface area contributed by atoms with Crippen LogP contribution in [0.25, 0.3) is 0 Å². The second kappa shape index (κ2) is 6.23. The Morgan fingerprint density at radius 1 is 1.21 bits per heavy atom. The number of ether oxygens (including phenoxy) is 1. The minimum absolute atomic E-state index is 0.0801. The van der Waals surface area contributed by atoms with Gasteiger partial charge in [-0.05, 0) is 42.7 Å². The molecule has 104 valence electrons. The lowest BCUT2D eigenvalue weighted by molar-refractivity contribution is -0.0174. The van der Waals surface area contributed by atoms with Crippen LogP contribution >= 0.6 is 0 Å². The van der Waals surface area contributed by atoms with Crippen molar-refractivity contribution in [2.24, 2.45) is 17.8 Å². The molecule has 0 saturated heterocycles. The van der Waals surface area contributed by atoms with Crippen LogP contribution in [0.1, 0.15) is 50.4 Å². The third-order valence-corrected chi connectivity index (χ3v) is 4.23. The highest BCUT2D eigenvalue weighted by Crippen LogP contribution is 2.35. The number of hydrogen-bond acceptors (Lipinski definition) is 2. The van der Waals surface area contributed by atoms with E-state index in [1.807, 2.05) is 30.3 Å². The zero-order valence-corrected chi connectivity index (χ0v) is 12.1. The summed E-state index contributed by atoms with van der Waals surface area (Å²) in [6, 6.07) is 9.30. The molecule has 3 atom stereocenters. The van der Waals surface area contributed by atoms with Crippen molar-refractivity contribution >= 4 is 5.97 Å². The summed E-state index contributed by atoms with van der Waals surface area (Å²) in [6.07, 6.45) is 3.51. The molecule has 0 spiro atoms. The molecule has 2 rings (SSSR count). The minimum atomic E-state index is -0.176. The summed E-state index contributed by atoms with van der Waals surface area (Å²) in [4.78, 5) is 12.2. The standard InChI is InChI=1S/C17H24O2/c1-12(2)15-10-9-13(3)11-16(15)19-17(18)14-7-5-4-6-8-14/h4-8,12-13,15-16H,9-11H2,1-3H3/t13-,15+,16+/m0/s1. The van der Waals surface area contributed by atoms with E-state index in [1.165, 1.54) is 12.8 Å². The van der Waals surface area contributed by atoms with Crippen molar-refractivity contribution in [3.63, 3.8) is 0 Å². The van der Waals surface area contributed by atoms with Crippen LogP contribution in [0.5, 0.6) is 0 Å². The van der Waals surface area contributed by atoms with E-state index in [4.69, 9.17) is 4.74 Å². The summed E-state index contributed by atoms with van der Waals surface area (Å²) in [5, 5.41) is 0. The molecular weight excluding hydrogens is 236 g/mol. The Morgan fingerprint density at radius 3 is 2.53 bits per heavy atom. The molecule has 0 unspecified atom stereocenters. The summed E-state index contributed by atoms with van der Waals surface area (Å²) in [5.41, 5.74) is 0.656. The van der Waals surface area contributed by atoms with Crippen LogP contribution in [0.4, 0.5) is 0 Å². The maximum Gasteiger partial charge on any atom is 0.338 e. The first-order valence-electron chi connectivity index (χ1n) is 7.34. The molecule has 1 fully saturated rings. The molecule has 2 nitrogen and oxygen atoms in total. The van der Waals surface area contributed by atoms with Gasteiger partial charge in [-0.2, -0.15) is 0 Å². The van der Waals surface area contributed by atoms with Gasteiger partial charge in [-0.25, -0.2) is 4.79 Å². The smallest absolute Gasteiger partial charge is 0.338 e. The Hall–Kier alpha value is -1.31. The molecule has 1 saturated carbocycles. The van der Waals surface area contributed by atoms with E-state index < -0.39 is 0 Å². The molecule has 1 aromatic rings. The zero-order chi connectivity index (χ0) is 13.8. The monoisotopic (exact) mass is 260 g/mol. The van der Waals surface area contributed by atoms with Gasteiger partial charge in [0.1, 0.15) is 6.10 Å². The van der Waals surface area contributed by atoms with Gasteiger partial charge in [0.2, 0.25) is 0 Å². The van der Waals surface area contributed by atoms with Crippen molar-refractivity contribution in [3.05, 3.63) is 35.9 Å². The lowest BCUT2D eigenvalue weighted by Gasteiger charge is -2.36. The molecule has 0 aliphatic heterocycles. The quantitative estimate of drug-likeness (QED) is 0.757. The molecule has 0 radical (unpaired) electrons. The van der Waals surface area contributed by atoms with Gasteiger partial charge in [0.25, 0.3) is 0 Å². The Labute approximate surface area is 116 Å². The molecular formula is C17H24O2. The second-order valence-corrected chi connectivity index (χ2v) is 6.14. The van der Waals surface area contributed by atoms with Crippen molar-refractivity contribution in [3.8, 4) is 0 Å². The molecule has 0 heterocycles. The summed E-state index contributed by atoms with van der Waals surface area (Å²) in [6.45, 7) is 6.70. The van der Waals surface area contributed by atoms with Gasteiger partial charge in [0.15, 0.2) is 0 Å². The zero-order valence-electron chi connectivity index (χ0n) is 12.1. The Kier molecular flexibility index (Phi) is 4.62. The number of benzene rings is 1. The average Bonchev–Trinajstić information content (AvgIpc) is 2.39. The molecule has 0 aromatic heterocycles. The molecule has 0 amide bonds. The van der Waals surface area contributed by atoms with Crippen molar-refractivity contribution in [2.75, 3.05) is 0 Å². The lowest BCUT2D eigenvalue weighted by atomic mass is 9.75. The summed E-state index contributed by atoms with van der Waals surface area (Å²) in [7, 11) is 0. The van der Waals surface area contributed by atoms with E-state index in [0.717, 1.165) is 6.42 Å². The number of carbonyl (C=O) groups excluding carboxylic acids is 1. The fraction of sp³-hybridized carbons (Fsp3) is 0.588. The predicted molar refractivity (Wildman–Crippen MR) is 77.0 cm³/mol. The molecule has 1 aliphatic carbocycles. The summed E-state index contributed by atoms with van der Waals surface area (Å²) >= 11 is 0. The van der Waals surface area contributed by atoms with Crippen LogP contribution in [0.15, 0.2) is 30.3 Å². The minimum Gasteiger partial charge on any atom is -0.458 e. The van der Waals surface area contributed by atoms with Crippen molar-refractivity contribution in [2.45, 2.75) is 46.1 Å². The third-order valence-electron chi connectivity index (χ3n) is 4.23. The lowest BCUT2D eigenvalue weighted by Crippen LogP contribution is -2.35. The highest BCUT2D eigenvalue weighted by Gasteiger charge is 2.33. The summed E-state index contributed by atoms with van der Waals surface area (Å²) in [5.74, 6) is 1.55. The molecule has 19 heavy (non-hydrogen) atoms. The number of esters is 1. The van der Waals surface area contributed by atoms with Gasteiger partial charge in [-0.3, -0.25) is 0 Å². The van der Waals surface area contributed by atoms with E-state index in [0.29, 0.717) is 23.3 Å². The van der Waals surface area contributed by atoms with E-state index in [2.05, 4.69) is 20.8 Å². The van der Waals surface area contributed by atoms with Gasteiger partial charge in [-0.1, -0.05) is 45.4 Å². The fourth-order valence-corrected chi connectivity index (χ4v) is 3.03. The van der Waals surface area contributed by atoms with Crippen LogP contribution in [0.2, 0.25) is 0 Å². The van der Waals surface area contributed by atoms with Crippen molar-refractivity contribution in [1.82, 2.24) is 0 Å². The van der Waals surface area contributed by atoms with Crippen molar-refractivity contribution in [1.29, 1.82) is 0 Å². The number of hydrogen-bond donors (Lipinski definition) is 0. The second-order valence-electron chi connectivity index (χ2n) is 6.14. The Bertz CT molecular complexity index is 411. The topological polar surface area (TPSA) is 26.3 Å². The maximum absolute atomic E-state index is 12.2. The summed E-state index contributed by atoms with van der Waals surface area (Å²) < 4.78 is 5.78. The normalized spacial score (nSPS) is 27.3. The highest BCUT2D eigenvalue weighted by molar-refractivity contribution is 5.89. The number of rotatable bonds is 3. The van der Waals surface area contributed by atoms with Gasteiger partial charge >= 0.3 is 5.97 Å². The maximum atomic E-state index is 12.2. The first-order valence-corrected chi connectivity index (χ1v) is 7.34. The van der Waals surface area contributed by atoms with Crippen LogP contribution in [-0.4, -0.2) is 12.1 Å². The average molecular weight is 260 g/mol. The fourth-order valence-electron chi connectivity index (χ4n) is 3.03. The van der Waals surface area contributed by atoms with Gasteiger partial charge in [-0.15, -0.1) is 0 Å². The van der Waals surface area contributed by atoms with Gasteiger partial charge in [0.05, 0.1) is 5.56 Å². The first-order chi connectivity index (χ1) is 9.08. The third kappa shape index (κ3) is 3.59. The van der Waals surface area contributed by atoms with Gasteiger partial charge in [0, 0.05) is 0 Å². The largest absolute Gasteiger partial charge is 0.458 e. The van der Waals surface area contributed by atoms with Crippen LogP contribution in [0, 0.1) is 17.8 Å². The van der Waals surface area contributed by atoms with E-state index in [-0.39, 0.29) is 12.1 Å².